The number of carbonyl (C=O) groups is 1. The van der Waals surface area contributed by atoms with Crippen LogP contribution in [0.1, 0.15) is 28.5 Å². The molecule has 3 rings (SSSR count). The SMILES string of the molecule is CCNC(=NCc1coc(-c2ccccc2)n1)NCCNC(=O)c1cccc(C)c1. The van der Waals surface area contributed by atoms with Crippen LogP contribution in [-0.2, 0) is 6.54 Å². The maximum Gasteiger partial charge on any atom is 0.251 e. The highest BCUT2D eigenvalue weighted by Crippen LogP contribution is 2.18. The largest absolute Gasteiger partial charge is 0.444 e. The maximum atomic E-state index is 12.2. The monoisotopic (exact) mass is 405 g/mol. The maximum absolute atomic E-state index is 12.2. The first-order chi connectivity index (χ1) is 14.7. The zero-order chi connectivity index (χ0) is 21.2. The molecular weight excluding hydrogens is 378 g/mol. The van der Waals surface area contributed by atoms with Gasteiger partial charge in [-0.15, -0.1) is 0 Å². The summed E-state index contributed by atoms with van der Waals surface area (Å²) in [7, 11) is 0. The molecule has 0 fully saturated rings. The molecule has 1 aromatic heterocycles. The molecule has 7 nitrogen and oxygen atoms in total. The molecule has 0 aliphatic heterocycles. The number of rotatable bonds is 8. The Hall–Kier alpha value is -3.61. The normalized spacial score (nSPS) is 11.2. The van der Waals surface area contributed by atoms with Gasteiger partial charge >= 0.3 is 0 Å². The Labute approximate surface area is 176 Å². The standard InChI is InChI=1S/C23H27N5O2/c1-3-24-23(26-13-12-25-21(29)19-11-7-8-17(2)14-19)27-15-20-16-30-22(28-20)18-9-5-4-6-10-18/h4-11,14,16H,3,12-13,15H2,1-2H3,(H,25,29)(H2,24,26,27). The van der Waals surface area contributed by atoms with Crippen molar-refractivity contribution in [2.24, 2.45) is 4.99 Å². The first kappa shape index (κ1) is 21.1. The van der Waals surface area contributed by atoms with Crippen LogP contribution < -0.4 is 16.0 Å². The number of benzene rings is 2. The fourth-order valence-corrected chi connectivity index (χ4v) is 2.84. The summed E-state index contributed by atoms with van der Waals surface area (Å²) in [6.45, 7) is 6.13. The van der Waals surface area contributed by atoms with Crippen molar-refractivity contribution in [1.82, 2.24) is 20.9 Å². The van der Waals surface area contributed by atoms with Gasteiger partial charge in [0.05, 0.1) is 6.54 Å². The quantitative estimate of drug-likeness (QED) is 0.304. The average molecular weight is 406 g/mol. The predicted molar refractivity (Wildman–Crippen MR) is 118 cm³/mol. The summed E-state index contributed by atoms with van der Waals surface area (Å²) in [6.07, 6.45) is 1.62. The lowest BCUT2D eigenvalue weighted by molar-refractivity contribution is 0.0954. The lowest BCUT2D eigenvalue weighted by Gasteiger charge is -2.11. The van der Waals surface area contributed by atoms with Crippen molar-refractivity contribution in [3.8, 4) is 11.5 Å². The van der Waals surface area contributed by atoms with Crippen LogP contribution in [0.25, 0.3) is 11.5 Å². The molecule has 0 aliphatic carbocycles. The van der Waals surface area contributed by atoms with Crippen molar-refractivity contribution in [1.29, 1.82) is 0 Å². The summed E-state index contributed by atoms with van der Waals surface area (Å²) in [5.74, 6) is 1.16. The molecule has 30 heavy (non-hydrogen) atoms. The molecule has 7 heteroatoms. The van der Waals surface area contributed by atoms with Gasteiger partial charge in [0.15, 0.2) is 5.96 Å². The molecule has 3 aromatic rings. The summed E-state index contributed by atoms with van der Waals surface area (Å²) >= 11 is 0. The van der Waals surface area contributed by atoms with Crippen molar-refractivity contribution in [2.75, 3.05) is 19.6 Å². The van der Waals surface area contributed by atoms with Crippen molar-refractivity contribution in [3.05, 3.63) is 77.7 Å². The Balaban J connectivity index is 1.49. The highest BCUT2D eigenvalue weighted by molar-refractivity contribution is 5.94. The van der Waals surface area contributed by atoms with Crippen LogP contribution in [0.2, 0.25) is 0 Å². The second-order valence-corrected chi connectivity index (χ2v) is 6.76. The number of nitrogens with one attached hydrogen (secondary N) is 3. The molecule has 0 spiro atoms. The number of amides is 1. The Kier molecular flexibility index (Phi) is 7.60. The zero-order valence-corrected chi connectivity index (χ0v) is 17.3. The first-order valence-corrected chi connectivity index (χ1v) is 10.0. The molecule has 1 amide bonds. The minimum absolute atomic E-state index is 0.0847. The van der Waals surface area contributed by atoms with Crippen LogP contribution in [0.4, 0.5) is 0 Å². The molecule has 0 saturated carbocycles. The fraction of sp³-hybridized carbons (Fsp3) is 0.261. The van der Waals surface area contributed by atoms with Crippen molar-refractivity contribution in [2.45, 2.75) is 20.4 Å². The number of guanidine groups is 1. The number of hydrogen-bond donors (Lipinski definition) is 3. The van der Waals surface area contributed by atoms with Crippen molar-refractivity contribution < 1.29 is 9.21 Å². The van der Waals surface area contributed by atoms with Crippen molar-refractivity contribution in [3.63, 3.8) is 0 Å². The number of nitrogens with zero attached hydrogens (tertiary/aromatic N) is 2. The predicted octanol–water partition coefficient (Wildman–Crippen LogP) is 3.14. The number of oxazole rings is 1. The van der Waals surface area contributed by atoms with E-state index in [2.05, 4.69) is 25.9 Å². The smallest absolute Gasteiger partial charge is 0.251 e. The van der Waals surface area contributed by atoms with Gasteiger partial charge in [-0.25, -0.2) is 9.98 Å². The van der Waals surface area contributed by atoms with Crippen LogP contribution in [0, 0.1) is 6.92 Å². The molecule has 3 N–H and O–H groups in total. The van der Waals surface area contributed by atoms with Gasteiger partial charge in [0.25, 0.3) is 5.91 Å². The lowest BCUT2D eigenvalue weighted by atomic mass is 10.1. The molecule has 0 unspecified atom stereocenters. The van der Waals surface area contributed by atoms with E-state index in [1.165, 1.54) is 0 Å². The van der Waals surface area contributed by atoms with Crippen LogP contribution in [-0.4, -0.2) is 36.5 Å². The second-order valence-electron chi connectivity index (χ2n) is 6.76. The number of aromatic nitrogens is 1. The molecule has 2 aromatic carbocycles. The first-order valence-electron chi connectivity index (χ1n) is 10.0. The molecule has 0 aliphatic rings. The summed E-state index contributed by atoms with van der Waals surface area (Å²) in [6, 6.07) is 17.3. The van der Waals surface area contributed by atoms with Gasteiger partial charge in [-0.3, -0.25) is 4.79 Å². The van der Waals surface area contributed by atoms with Crippen LogP contribution in [0.15, 0.2) is 70.3 Å². The minimum atomic E-state index is -0.0847. The molecule has 1 heterocycles. The lowest BCUT2D eigenvalue weighted by Crippen LogP contribution is -2.41. The summed E-state index contributed by atoms with van der Waals surface area (Å²) in [4.78, 5) is 21.2. The van der Waals surface area contributed by atoms with Gasteiger partial charge in [-0.2, -0.15) is 0 Å². The van der Waals surface area contributed by atoms with E-state index < -0.39 is 0 Å². The zero-order valence-electron chi connectivity index (χ0n) is 17.3. The Morgan fingerprint density at radius 1 is 1.03 bits per heavy atom. The van der Waals surface area contributed by atoms with Crippen molar-refractivity contribution >= 4 is 11.9 Å². The fourth-order valence-electron chi connectivity index (χ4n) is 2.84. The molecule has 0 radical (unpaired) electrons. The third-order valence-electron chi connectivity index (χ3n) is 4.30. The Morgan fingerprint density at radius 2 is 1.83 bits per heavy atom. The molecule has 0 saturated heterocycles. The van der Waals surface area contributed by atoms with Gasteiger partial charge in [0, 0.05) is 30.8 Å². The second kappa shape index (κ2) is 10.8. The highest BCUT2D eigenvalue weighted by Gasteiger charge is 2.07. The van der Waals surface area contributed by atoms with Gasteiger partial charge in [-0.1, -0.05) is 35.9 Å². The van der Waals surface area contributed by atoms with Crippen LogP contribution in [0.3, 0.4) is 0 Å². The van der Waals surface area contributed by atoms with E-state index in [1.54, 1.807) is 6.26 Å². The van der Waals surface area contributed by atoms with E-state index in [9.17, 15) is 4.79 Å². The Morgan fingerprint density at radius 3 is 2.60 bits per heavy atom. The third-order valence-corrected chi connectivity index (χ3v) is 4.30. The topological polar surface area (TPSA) is 91.6 Å². The summed E-state index contributed by atoms with van der Waals surface area (Å²) in [5, 5.41) is 9.31. The molecule has 0 atom stereocenters. The Bertz CT molecular complexity index is 982. The van der Waals surface area contributed by atoms with E-state index >= 15 is 0 Å². The molecule has 156 valence electrons. The van der Waals surface area contributed by atoms with Crippen LogP contribution >= 0.6 is 0 Å². The van der Waals surface area contributed by atoms with E-state index in [1.807, 2.05) is 68.4 Å². The summed E-state index contributed by atoms with van der Waals surface area (Å²) in [5.41, 5.74) is 3.40. The van der Waals surface area contributed by atoms with Gasteiger partial charge in [0.2, 0.25) is 5.89 Å². The molecule has 0 bridgehead atoms. The molecular formula is C23H27N5O2. The van der Waals surface area contributed by atoms with E-state index in [4.69, 9.17) is 4.42 Å². The third kappa shape index (κ3) is 6.20. The number of hydrogen-bond acceptors (Lipinski definition) is 4. The van der Waals surface area contributed by atoms with Crippen LogP contribution in [0.5, 0.6) is 0 Å². The van der Waals surface area contributed by atoms with Gasteiger partial charge in [0.1, 0.15) is 12.0 Å². The van der Waals surface area contributed by atoms with Gasteiger partial charge < -0.3 is 20.4 Å². The number of carbonyl (C=O) groups excluding carboxylic acids is 1. The van der Waals surface area contributed by atoms with Gasteiger partial charge in [-0.05, 0) is 38.1 Å². The van der Waals surface area contributed by atoms with E-state index in [0.29, 0.717) is 37.0 Å². The summed E-state index contributed by atoms with van der Waals surface area (Å²) < 4.78 is 5.55. The van der Waals surface area contributed by atoms with E-state index in [-0.39, 0.29) is 5.91 Å². The number of aliphatic imine (C=N–C) groups is 1. The minimum Gasteiger partial charge on any atom is -0.444 e. The van der Waals surface area contributed by atoms with E-state index in [0.717, 1.165) is 23.4 Å². The number of aryl methyl sites for hydroxylation is 1. The highest BCUT2D eigenvalue weighted by atomic mass is 16.3. The average Bonchev–Trinajstić information content (AvgIpc) is 3.24.